The average molecular weight is 1100 g/mol. The monoisotopic (exact) mass is 1100 g/mol. The Kier molecular flexibility index (Phi) is 16.2. The molecule has 0 atom stereocenters. The van der Waals surface area contributed by atoms with Gasteiger partial charge in [0.25, 0.3) is 0 Å². The number of rotatable bonds is 20. The summed E-state index contributed by atoms with van der Waals surface area (Å²) in [5, 5.41) is 0. The summed E-state index contributed by atoms with van der Waals surface area (Å²) in [5.74, 6) is 2.41. The van der Waals surface area contributed by atoms with Crippen LogP contribution < -0.4 is 28.4 Å². The van der Waals surface area contributed by atoms with E-state index in [1.807, 2.05) is 60.7 Å². The number of hydrogen-bond acceptors (Lipinski definition) is 12. The predicted molar refractivity (Wildman–Crippen MR) is 315 cm³/mol. The number of hydrogen-bond donors (Lipinski definition) is 0. The highest BCUT2D eigenvalue weighted by molar-refractivity contribution is 6.14. The Morgan fingerprint density at radius 1 is 0.179 bits per heavy atom. The van der Waals surface area contributed by atoms with E-state index in [2.05, 4.69) is 0 Å². The van der Waals surface area contributed by atoms with Crippen molar-refractivity contribution in [2.45, 2.75) is 0 Å². The molecule has 0 radical (unpaired) electrons. The fourth-order valence-electron chi connectivity index (χ4n) is 8.75. The minimum atomic E-state index is -0.703. The van der Waals surface area contributed by atoms with Crippen molar-refractivity contribution < 1.29 is 57.2 Å². The van der Waals surface area contributed by atoms with Gasteiger partial charge in [0.15, 0.2) is 23.1 Å². The molecule has 0 aromatic heterocycles. The maximum absolute atomic E-state index is 13.5. The first-order valence-electron chi connectivity index (χ1n) is 26.4. The number of carbonyl (C=O) groups excluding carboxylic acids is 6. The van der Waals surface area contributed by atoms with E-state index in [1.54, 1.807) is 200 Å². The smallest absolute Gasteiger partial charge is 0.343 e. The molecule has 0 unspecified atom stereocenters. The fourth-order valence-corrected chi connectivity index (χ4v) is 8.75. The predicted octanol–water partition coefficient (Wildman–Crippen LogP) is 16.2. The van der Waals surface area contributed by atoms with Gasteiger partial charge in [0.1, 0.15) is 57.5 Å². The molecule has 406 valence electrons. The lowest BCUT2D eigenvalue weighted by Gasteiger charge is -2.10. The molecule has 0 spiro atoms. The van der Waals surface area contributed by atoms with Crippen LogP contribution in [-0.2, 0) is 0 Å². The van der Waals surface area contributed by atoms with Crippen LogP contribution >= 0.6 is 0 Å². The van der Waals surface area contributed by atoms with Crippen molar-refractivity contribution in [3.05, 3.63) is 335 Å². The largest absolute Gasteiger partial charge is 0.457 e. The van der Waals surface area contributed by atoms with E-state index in [4.69, 9.17) is 28.4 Å². The van der Waals surface area contributed by atoms with Gasteiger partial charge in [-0.2, -0.15) is 0 Å². The van der Waals surface area contributed by atoms with E-state index in [9.17, 15) is 28.8 Å². The zero-order valence-electron chi connectivity index (χ0n) is 44.5. The van der Waals surface area contributed by atoms with Gasteiger partial charge in [0.05, 0.1) is 11.1 Å². The lowest BCUT2D eigenvalue weighted by Crippen LogP contribution is -2.12. The van der Waals surface area contributed by atoms with Crippen LogP contribution in [0, 0.1) is 0 Å². The summed E-state index contributed by atoms with van der Waals surface area (Å²) in [7, 11) is 0. The number of esters is 2. The molecule has 0 aliphatic heterocycles. The van der Waals surface area contributed by atoms with Crippen LogP contribution in [0.5, 0.6) is 57.5 Å². The van der Waals surface area contributed by atoms with E-state index in [0.29, 0.717) is 90.5 Å². The standard InChI is InChI=1S/C72H46O12/c73-67(47-20-28-59(29-21-47)79-57-16-3-1-4-17-57)51-10-7-12-53(44-51)69(75)49-24-32-61(33-25-49)81-63-36-40-65(41-37-63)83-71(77)55-14-9-15-56(46-55)72(78)84-66-42-38-64(39-43-66)82-62-34-26-50(27-35-62)70(76)54-13-8-11-52(45-54)68(74)48-22-30-60(31-23-48)80-58-18-5-2-6-19-58/h1-46H. The van der Waals surface area contributed by atoms with Gasteiger partial charge < -0.3 is 28.4 Å². The van der Waals surface area contributed by atoms with Crippen LogP contribution in [0.25, 0.3) is 0 Å². The maximum atomic E-state index is 13.5. The third-order valence-corrected chi connectivity index (χ3v) is 13.1. The molecule has 11 aromatic carbocycles. The second-order valence-corrected chi connectivity index (χ2v) is 18.9. The third-order valence-electron chi connectivity index (χ3n) is 13.1. The average Bonchev–Trinajstić information content (AvgIpc) is 3.62. The first-order valence-corrected chi connectivity index (χ1v) is 26.4. The topological polar surface area (TPSA) is 158 Å². The Bertz CT molecular complexity index is 3910. The first kappa shape index (κ1) is 54.2. The summed E-state index contributed by atoms with van der Waals surface area (Å²) in [5.41, 5.74) is 3.41. The molecule has 84 heavy (non-hydrogen) atoms. The van der Waals surface area contributed by atoms with Crippen LogP contribution in [-0.4, -0.2) is 35.1 Å². The number of ether oxygens (including phenoxy) is 6. The molecule has 11 rings (SSSR count). The number of benzene rings is 11. The summed E-state index contributed by atoms with van der Waals surface area (Å²) in [4.78, 5) is 80.2. The van der Waals surface area contributed by atoms with Crippen molar-refractivity contribution in [3.8, 4) is 57.5 Å². The molecule has 0 heterocycles. The van der Waals surface area contributed by atoms with E-state index >= 15 is 0 Å². The summed E-state index contributed by atoms with van der Waals surface area (Å²) in [6.45, 7) is 0. The highest BCUT2D eigenvalue weighted by atomic mass is 16.5. The molecule has 0 aliphatic carbocycles. The van der Waals surface area contributed by atoms with Crippen molar-refractivity contribution in [1.82, 2.24) is 0 Å². The van der Waals surface area contributed by atoms with Gasteiger partial charge in [0.2, 0.25) is 0 Å². The highest BCUT2D eigenvalue weighted by Crippen LogP contribution is 2.30. The molecule has 0 bridgehead atoms. The third kappa shape index (κ3) is 13.4. The van der Waals surface area contributed by atoms with Crippen molar-refractivity contribution in [3.63, 3.8) is 0 Å². The van der Waals surface area contributed by atoms with E-state index in [-0.39, 0.29) is 45.8 Å². The molecule has 0 fully saturated rings. The summed E-state index contributed by atoms with van der Waals surface area (Å²) >= 11 is 0. The lowest BCUT2D eigenvalue weighted by atomic mass is 9.97. The highest BCUT2D eigenvalue weighted by Gasteiger charge is 2.19. The summed E-state index contributed by atoms with van der Waals surface area (Å²) in [6, 6.07) is 77.4. The molecule has 12 nitrogen and oxygen atoms in total. The van der Waals surface area contributed by atoms with Gasteiger partial charge in [-0.05, 0) is 200 Å². The summed E-state index contributed by atoms with van der Waals surface area (Å²) in [6.07, 6.45) is 0. The van der Waals surface area contributed by atoms with Crippen LogP contribution in [0.15, 0.2) is 279 Å². The van der Waals surface area contributed by atoms with E-state index in [0.717, 1.165) is 0 Å². The van der Waals surface area contributed by atoms with E-state index in [1.165, 1.54) is 18.2 Å². The first-order chi connectivity index (χ1) is 41.0. The Morgan fingerprint density at radius 2 is 0.381 bits per heavy atom. The van der Waals surface area contributed by atoms with Crippen LogP contribution in [0.4, 0.5) is 0 Å². The lowest BCUT2D eigenvalue weighted by molar-refractivity contribution is 0.0732. The SMILES string of the molecule is O=C(Oc1ccc(Oc2ccc(C(=O)c3cccc(C(=O)c4ccc(Oc5ccccc5)cc4)c3)cc2)cc1)c1cccc(C(=O)Oc2ccc(Oc3ccc(C(=O)c4cccc(C(=O)c5ccc(Oc6ccccc6)cc5)c4)cc3)cc2)c1. The number of para-hydroxylation sites is 2. The molecule has 11 aromatic rings. The van der Waals surface area contributed by atoms with Gasteiger partial charge in [-0.25, -0.2) is 9.59 Å². The van der Waals surface area contributed by atoms with Gasteiger partial charge in [0, 0.05) is 44.5 Å². The molecule has 0 amide bonds. The van der Waals surface area contributed by atoms with Crippen LogP contribution in [0.1, 0.15) is 84.4 Å². The normalized spacial score (nSPS) is 10.7. The van der Waals surface area contributed by atoms with Gasteiger partial charge in [-0.1, -0.05) is 78.9 Å². The van der Waals surface area contributed by atoms with E-state index < -0.39 is 11.9 Å². The van der Waals surface area contributed by atoms with Crippen molar-refractivity contribution >= 4 is 35.1 Å². The minimum absolute atomic E-state index is 0.116. The molecule has 12 heteroatoms. The Morgan fingerprint density at radius 3 is 0.643 bits per heavy atom. The van der Waals surface area contributed by atoms with Gasteiger partial charge in [-0.3, -0.25) is 19.2 Å². The maximum Gasteiger partial charge on any atom is 0.343 e. The Hall–Kier alpha value is -11.8. The second-order valence-electron chi connectivity index (χ2n) is 18.9. The van der Waals surface area contributed by atoms with Gasteiger partial charge in [-0.15, -0.1) is 0 Å². The molecular formula is C72H46O12. The molecule has 0 saturated carbocycles. The van der Waals surface area contributed by atoms with Gasteiger partial charge >= 0.3 is 11.9 Å². The molecule has 0 aliphatic rings. The fraction of sp³-hybridized carbons (Fsp3) is 0. The molecule has 0 N–H and O–H groups in total. The van der Waals surface area contributed by atoms with Crippen molar-refractivity contribution in [1.29, 1.82) is 0 Å². The molecular weight excluding hydrogens is 1060 g/mol. The molecule has 0 saturated heterocycles. The minimum Gasteiger partial charge on any atom is -0.457 e. The van der Waals surface area contributed by atoms with Crippen LogP contribution in [0.2, 0.25) is 0 Å². The second kappa shape index (κ2) is 25.1. The van der Waals surface area contributed by atoms with Crippen LogP contribution in [0.3, 0.4) is 0 Å². The number of carbonyl (C=O) groups is 6. The van der Waals surface area contributed by atoms with Crippen molar-refractivity contribution in [2.75, 3.05) is 0 Å². The quantitative estimate of drug-likeness (QED) is 0.0405. The number of ketones is 4. The Labute approximate surface area is 482 Å². The zero-order valence-corrected chi connectivity index (χ0v) is 44.5. The zero-order chi connectivity index (χ0) is 57.8. The Balaban J connectivity index is 0.632. The summed E-state index contributed by atoms with van der Waals surface area (Å²) < 4.78 is 34.9. The van der Waals surface area contributed by atoms with Crippen molar-refractivity contribution in [2.24, 2.45) is 0 Å².